The van der Waals surface area contributed by atoms with E-state index in [-0.39, 0.29) is 5.95 Å². The van der Waals surface area contributed by atoms with Crippen LogP contribution in [-0.2, 0) is 0 Å². The molecule has 0 fully saturated rings. The molecule has 0 saturated carbocycles. The van der Waals surface area contributed by atoms with E-state index in [0.717, 1.165) is 20.1 Å². The molecule has 0 radical (unpaired) electrons. The Kier molecular flexibility index (Phi) is 3.77. The molecule has 1 aromatic carbocycles. The molecule has 102 valence electrons. The van der Waals surface area contributed by atoms with Crippen molar-refractivity contribution in [3.63, 3.8) is 0 Å². The zero-order valence-electron chi connectivity index (χ0n) is 10.4. The van der Waals surface area contributed by atoms with Crippen LogP contribution in [-0.4, -0.2) is 9.97 Å². The van der Waals surface area contributed by atoms with Crippen LogP contribution < -0.4 is 5.73 Å². The van der Waals surface area contributed by atoms with E-state index in [4.69, 9.17) is 28.9 Å². The first-order chi connectivity index (χ1) is 9.52. The highest BCUT2D eigenvalue weighted by Gasteiger charge is 2.12. The number of aromatic nitrogens is 2. The summed E-state index contributed by atoms with van der Waals surface area (Å²) in [5.74, 6) is 0.264. The molecule has 0 spiro atoms. The molecule has 0 saturated heterocycles. The number of thiophene rings is 1. The summed E-state index contributed by atoms with van der Waals surface area (Å²) in [6.45, 7) is 2.03. The average molecular weight is 342 g/mol. The van der Waals surface area contributed by atoms with Crippen molar-refractivity contribution in [2.75, 3.05) is 5.73 Å². The van der Waals surface area contributed by atoms with Gasteiger partial charge in [-0.15, -0.1) is 11.3 Å². The molecule has 0 amide bonds. The minimum Gasteiger partial charge on any atom is -0.368 e. The van der Waals surface area contributed by atoms with Crippen molar-refractivity contribution in [2.45, 2.75) is 16.8 Å². The Labute approximate surface area is 134 Å². The van der Waals surface area contributed by atoms with Gasteiger partial charge in [-0.1, -0.05) is 35.0 Å². The molecule has 2 N–H and O–H groups in total. The minimum atomic E-state index is 0.264. The van der Waals surface area contributed by atoms with Gasteiger partial charge in [-0.3, -0.25) is 0 Å². The first-order valence-corrected chi connectivity index (χ1v) is 8.08. The quantitative estimate of drug-likeness (QED) is 0.663. The highest BCUT2D eigenvalue weighted by Crippen LogP contribution is 2.39. The lowest BCUT2D eigenvalue weighted by Gasteiger charge is -2.05. The second kappa shape index (κ2) is 5.41. The standard InChI is InChI=1S/C13H9Cl2N3S2/c1-6-4-8-11(19-6)17-13(16)18-12(8)20-10-5-7(14)2-3-9(10)15/h2-5H,1H3,(H2,16,17,18). The van der Waals surface area contributed by atoms with Crippen molar-refractivity contribution in [2.24, 2.45) is 0 Å². The Bertz CT molecular complexity index is 802. The van der Waals surface area contributed by atoms with Gasteiger partial charge in [0.25, 0.3) is 0 Å². The predicted octanol–water partition coefficient (Wildman–Crippen LogP) is 5.04. The van der Waals surface area contributed by atoms with Gasteiger partial charge in [0.1, 0.15) is 9.86 Å². The number of anilines is 1. The number of benzene rings is 1. The van der Waals surface area contributed by atoms with Crippen molar-refractivity contribution in [3.8, 4) is 0 Å². The van der Waals surface area contributed by atoms with Crippen molar-refractivity contribution in [3.05, 3.63) is 39.2 Å². The first-order valence-electron chi connectivity index (χ1n) is 5.69. The molecular formula is C13H9Cl2N3S2. The van der Waals surface area contributed by atoms with Crippen LogP contribution in [0.25, 0.3) is 10.2 Å². The Morgan fingerprint density at radius 2 is 2.00 bits per heavy atom. The molecule has 3 rings (SSSR count). The number of aryl methyl sites for hydroxylation is 1. The van der Waals surface area contributed by atoms with Gasteiger partial charge < -0.3 is 5.73 Å². The highest BCUT2D eigenvalue weighted by atomic mass is 35.5. The smallest absolute Gasteiger partial charge is 0.222 e. The van der Waals surface area contributed by atoms with Crippen LogP contribution in [0, 0.1) is 6.92 Å². The lowest BCUT2D eigenvalue weighted by Crippen LogP contribution is -1.95. The molecule has 7 heteroatoms. The Hall–Kier alpha value is -1.01. The molecule has 0 atom stereocenters. The lowest BCUT2D eigenvalue weighted by molar-refractivity contribution is 1.12. The number of hydrogen-bond donors (Lipinski definition) is 1. The van der Waals surface area contributed by atoms with Crippen LogP contribution >= 0.6 is 46.3 Å². The second-order valence-corrected chi connectivity index (χ2v) is 7.25. The molecule has 0 unspecified atom stereocenters. The summed E-state index contributed by atoms with van der Waals surface area (Å²) in [5.41, 5.74) is 5.77. The van der Waals surface area contributed by atoms with Gasteiger partial charge in [-0.05, 0) is 31.2 Å². The van der Waals surface area contributed by atoms with Crippen molar-refractivity contribution >= 4 is 62.5 Å². The summed E-state index contributed by atoms with van der Waals surface area (Å²) < 4.78 is 0. The van der Waals surface area contributed by atoms with Crippen molar-refractivity contribution in [1.82, 2.24) is 9.97 Å². The normalized spacial score (nSPS) is 11.2. The molecule has 2 heterocycles. The fraction of sp³-hybridized carbons (Fsp3) is 0.0769. The second-order valence-electron chi connectivity index (χ2n) is 4.14. The maximum atomic E-state index is 6.19. The van der Waals surface area contributed by atoms with Gasteiger partial charge >= 0.3 is 0 Å². The van der Waals surface area contributed by atoms with Crippen LogP contribution in [0.4, 0.5) is 5.95 Å². The van der Waals surface area contributed by atoms with E-state index in [2.05, 4.69) is 16.0 Å². The SMILES string of the molecule is Cc1cc2c(Sc3cc(Cl)ccc3Cl)nc(N)nc2s1. The molecule has 0 aliphatic rings. The lowest BCUT2D eigenvalue weighted by atomic mass is 10.4. The third-order valence-corrected chi connectivity index (χ3v) is 5.28. The fourth-order valence-corrected chi connectivity index (χ4v) is 4.15. The summed E-state index contributed by atoms with van der Waals surface area (Å²) >= 11 is 15.2. The largest absolute Gasteiger partial charge is 0.368 e. The first kappa shape index (κ1) is 13.9. The van der Waals surface area contributed by atoms with Gasteiger partial charge in [-0.2, -0.15) is 0 Å². The number of nitrogen functional groups attached to an aromatic ring is 1. The molecule has 3 aromatic rings. The number of nitrogens with two attached hydrogens (primary N) is 1. The van der Waals surface area contributed by atoms with Gasteiger partial charge in [0.05, 0.1) is 5.02 Å². The highest BCUT2D eigenvalue weighted by molar-refractivity contribution is 7.99. The van der Waals surface area contributed by atoms with E-state index in [9.17, 15) is 0 Å². The van der Waals surface area contributed by atoms with Gasteiger partial charge in [0.2, 0.25) is 5.95 Å². The van der Waals surface area contributed by atoms with Crippen LogP contribution in [0.5, 0.6) is 0 Å². The third kappa shape index (κ3) is 2.72. The third-order valence-electron chi connectivity index (χ3n) is 2.60. The summed E-state index contributed by atoms with van der Waals surface area (Å²) in [4.78, 5) is 11.5. The average Bonchev–Trinajstić information content (AvgIpc) is 2.74. The van der Waals surface area contributed by atoms with E-state index in [1.807, 2.05) is 13.0 Å². The van der Waals surface area contributed by atoms with Crippen LogP contribution in [0.15, 0.2) is 34.2 Å². The summed E-state index contributed by atoms with van der Waals surface area (Å²) in [6.07, 6.45) is 0. The monoisotopic (exact) mass is 341 g/mol. The maximum absolute atomic E-state index is 6.19. The van der Waals surface area contributed by atoms with Gasteiger partial charge in [-0.25, -0.2) is 9.97 Å². The Balaban J connectivity index is 2.12. The minimum absolute atomic E-state index is 0.264. The van der Waals surface area contributed by atoms with Gasteiger partial charge in [0, 0.05) is 20.2 Å². The fourth-order valence-electron chi connectivity index (χ4n) is 1.77. The van der Waals surface area contributed by atoms with E-state index >= 15 is 0 Å². The topological polar surface area (TPSA) is 51.8 Å². The molecule has 0 aliphatic carbocycles. The summed E-state index contributed by atoms with van der Waals surface area (Å²) in [7, 11) is 0. The predicted molar refractivity (Wildman–Crippen MR) is 87.1 cm³/mol. The van der Waals surface area contributed by atoms with Gasteiger partial charge in [0.15, 0.2) is 0 Å². The number of nitrogens with zero attached hydrogens (tertiary/aromatic N) is 2. The number of halogens is 2. The maximum Gasteiger partial charge on any atom is 0.222 e. The Morgan fingerprint density at radius 1 is 1.20 bits per heavy atom. The molecule has 20 heavy (non-hydrogen) atoms. The molecule has 2 aromatic heterocycles. The van der Waals surface area contributed by atoms with E-state index in [0.29, 0.717) is 10.0 Å². The van der Waals surface area contributed by atoms with Crippen molar-refractivity contribution in [1.29, 1.82) is 0 Å². The number of rotatable bonds is 2. The van der Waals surface area contributed by atoms with E-state index in [1.54, 1.807) is 23.5 Å². The van der Waals surface area contributed by atoms with E-state index < -0.39 is 0 Å². The zero-order chi connectivity index (χ0) is 14.3. The van der Waals surface area contributed by atoms with Crippen LogP contribution in [0.1, 0.15) is 4.88 Å². The van der Waals surface area contributed by atoms with Crippen molar-refractivity contribution < 1.29 is 0 Å². The number of fused-ring (bicyclic) bond motifs is 1. The van der Waals surface area contributed by atoms with E-state index in [1.165, 1.54) is 16.6 Å². The molecular weight excluding hydrogens is 333 g/mol. The van der Waals surface area contributed by atoms with Crippen LogP contribution in [0.3, 0.4) is 0 Å². The number of hydrogen-bond acceptors (Lipinski definition) is 5. The molecule has 0 aliphatic heterocycles. The Morgan fingerprint density at radius 3 is 2.80 bits per heavy atom. The summed E-state index contributed by atoms with van der Waals surface area (Å²) in [6, 6.07) is 7.40. The molecule has 3 nitrogen and oxygen atoms in total. The van der Waals surface area contributed by atoms with Crippen LogP contribution in [0.2, 0.25) is 10.0 Å². The zero-order valence-corrected chi connectivity index (χ0v) is 13.5. The molecule has 0 bridgehead atoms. The summed E-state index contributed by atoms with van der Waals surface area (Å²) in [5, 5.41) is 3.05.